The molecule has 0 aliphatic carbocycles. The molecule has 0 bridgehead atoms. The van der Waals surface area contributed by atoms with Crippen molar-refractivity contribution in [3.05, 3.63) is 52.6 Å². The fourth-order valence-electron chi connectivity index (χ4n) is 1.45. The van der Waals surface area contributed by atoms with Gasteiger partial charge in [-0.1, -0.05) is 22.0 Å². The number of carboxylic acid groups (broad SMARTS) is 1. The Morgan fingerprint density at radius 1 is 1.25 bits per heavy atom. The smallest absolute Gasteiger partial charge is 0.335 e. The van der Waals surface area contributed by atoms with Crippen LogP contribution in [0.25, 0.3) is 0 Å². The largest absolute Gasteiger partial charge is 0.478 e. The predicted molar refractivity (Wildman–Crippen MR) is 76.1 cm³/mol. The Morgan fingerprint density at radius 2 is 2.00 bits per heavy atom. The first-order chi connectivity index (χ1) is 9.38. The number of rotatable bonds is 4. The first-order valence-electron chi connectivity index (χ1n) is 5.36. The quantitative estimate of drug-likeness (QED) is 0.876. The Kier molecular flexibility index (Phi) is 4.05. The molecule has 6 nitrogen and oxygen atoms in total. The molecule has 0 fully saturated rings. The van der Waals surface area contributed by atoms with Crippen molar-refractivity contribution in [3.8, 4) is 0 Å². The van der Waals surface area contributed by atoms with Crippen LogP contribution in [0.1, 0.15) is 10.4 Å². The summed E-state index contributed by atoms with van der Waals surface area (Å²) in [5.41, 5.74) is -0.0491. The molecule has 0 saturated carbocycles. The zero-order valence-corrected chi connectivity index (χ0v) is 12.3. The molecule has 0 unspecified atom stereocenters. The second kappa shape index (κ2) is 5.59. The van der Waals surface area contributed by atoms with Crippen LogP contribution in [0.15, 0.2) is 52.0 Å². The van der Waals surface area contributed by atoms with Gasteiger partial charge in [0.15, 0.2) is 0 Å². The fourth-order valence-corrected chi connectivity index (χ4v) is 3.05. The van der Waals surface area contributed by atoms with E-state index in [1.54, 1.807) is 12.1 Å². The number of carboxylic acids is 1. The minimum atomic E-state index is -3.81. The number of hydrogen-bond donors (Lipinski definition) is 2. The normalized spacial score (nSPS) is 11.1. The second-order valence-corrected chi connectivity index (χ2v) is 6.40. The number of nitrogens with one attached hydrogen (secondary N) is 1. The molecule has 2 rings (SSSR count). The molecular formula is C12H9BrN2O4S. The highest BCUT2D eigenvalue weighted by molar-refractivity contribution is 9.10. The molecule has 104 valence electrons. The van der Waals surface area contributed by atoms with Crippen molar-refractivity contribution in [1.82, 2.24) is 4.98 Å². The number of pyridine rings is 1. The van der Waals surface area contributed by atoms with Gasteiger partial charge in [-0.15, -0.1) is 0 Å². The zero-order chi connectivity index (χ0) is 14.8. The lowest BCUT2D eigenvalue weighted by Gasteiger charge is -2.08. The Labute approximate surface area is 123 Å². The summed E-state index contributed by atoms with van der Waals surface area (Å²) in [6.45, 7) is 0. The number of carbonyl (C=O) groups is 1. The highest BCUT2D eigenvalue weighted by Gasteiger charge is 2.16. The number of aromatic nitrogens is 1. The van der Waals surface area contributed by atoms with E-state index in [0.717, 1.165) is 6.07 Å². The van der Waals surface area contributed by atoms with E-state index < -0.39 is 16.0 Å². The van der Waals surface area contributed by atoms with Crippen molar-refractivity contribution in [2.24, 2.45) is 0 Å². The van der Waals surface area contributed by atoms with Crippen LogP contribution in [0.2, 0.25) is 0 Å². The summed E-state index contributed by atoms with van der Waals surface area (Å²) in [7, 11) is -3.81. The summed E-state index contributed by atoms with van der Waals surface area (Å²) >= 11 is 3.19. The molecule has 0 amide bonds. The third kappa shape index (κ3) is 3.34. The number of nitrogens with zero attached hydrogens (tertiary/aromatic N) is 1. The van der Waals surface area contributed by atoms with Gasteiger partial charge >= 0.3 is 5.97 Å². The number of hydrogen-bond acceptors (Lipinski definition) is 4. The first kappa shape index (κ1) is 14.5. The van der Waals surface area contributed by atoms with Gasteiger partial charge in [0, 0.05) is 10.7 Å². The molecule has 1 aromatic heterocycles. The van der Waals surface area contributed by atoms with Crippen LogP contribution < -0.4 is 4.72 Å². The van der Waals surface area contributed by atoms with Gasteiger partial charge in [0.25, 0.3) is 10.0 Å². The highest BCUT2D eigenvalue weighted by Crippen LogP contribution is 2.19. The molecule has 0 spiro atoms. The van der Waals surface area contributed by atoms with Crippen LogP contribution in [-0.4, -0.2) is 24.5 Å². The van der Waals surface area contributed by atoms with Gasteiger partial charge in [-0.25, -0.2) is 18.2 Å². The summed E-state index contributed by atoms with van der Waals surface area (Å²) in [5, 5.41) is 8.85. The van der Waals surface area contributed by atoms with Gasteiger partial charge in [0.1, 0.15) is 5.82 Å². The van der Waals surface area contributed by atoms with Gasteiger partial charge in [0.2, 0.25) is 0 Å². The molecule has 1 heterocycles. The van der Waals surface area contributed by atoms with Crippen molar-refractivity contribution in [1.29, 1.82) is 0 Å². The standard InChI is InChI=1S/C12H9BrN2O4S/c13-9-2-1-3-10(7-9)20(18,19)15-11-6-8(12(16)17)4-5-14-11/h1-7H,(H,14,15)(H,16,17). The number of anilines is 1. The minimum Gasteiger partial charge on any atom is -0.478 e. The summed E-state index contributed by atoms with van der Waals surface area (Å²) in [5.74, 6) is -1.21. The molecule has 8 heteroatoms. The zero-order valence-electron chi connectivity index (χ0n) is 9.95. The lowest BCUT2D eigenvalue weighted by atomic mass is 10.3. The molecule has 0 aliphatic rings. The maximum absolute atomic E-state index is 12.1. The van der Waals surface area contributed by atoms with E-state index in [0.29, 0.717) is 4.47 Å². The first-order valence-corrected chi connectivity index (χ1v) is 7.64. The maximum Gasteiger partial charge on any atom is 0.335 e. The molecular weight excluding hydrogens is 348 g/mol. The number of sulfonamides is 1. The summed E-state index contributed by atoms with van der Waals surface area (Å²) < 4.78 is 27.1. The van der Waals surface area contributed by atoms with Crippen LogP contribution >= 0.6 is 15.9 Å². The molecule has 1 aromatic carbocycles. The fraction of sp³-hybridized carbons (Fsp3) is 0. The van der Waals surface area contributed by atoms with Gasteiger partial charge in [-0.05, 0) is 30.3 Å². The van der Waals surface area contributed by atoms with E-state index in [-0.39, 0.29) is 16.3 Å². The minimum absolute atomic E-state index is 0.0491. The summed E-state index contributed by atoms with van der Waals surface area (Å²) in [6.07, 6.45) is 1.22. The van der Waals surface area contributed by atoms with E-state index in [4.69, 9.17) is 5.11 Å². The monoisotopic (exact) mass is 356 g/mol. The van der Waals surface area contributed by atoms with Crippen molar-refractivity contribution in [2.75, 3.05) is 4.72 Å². The van der Waals surface area contributed by atoms with Gasteiger partial charge in [-0.2, -0.15) is 0 Å². The van der Waals surface area contributed by atoms with Crippen LogP contribution in [0.4, 0.5) is 5.82 Å². The van der Waals surface area contributed by atoms with Crippen LogP contribution in [0.3, 0.4) is 0 Å². The highest BCUT2D eigenvalue weighted by atomic mass is 79.9. The van der Waals surface area contributed by atoms with Crippen molar-refractivity contribution >= 4 is 37.7 Å². The number of halogens is 1. The molecule has 20 heavy (non-hydrogen) atoms. The molecule has 0 radical (unpaired) electrons. The molecule has 0 saturated heterocycles. The van der Waals surface area contributed by atoms with E-state index in [1.807, 2.05) is 0 Å². The topological polar surface area (TPSA) is 96.4 Å². The predicted octanol–water partition coefficient (Wildman–Crippen LogP) is 2.34. The second-order valence-electron chi connectivity index (χ2n) is 3.80. The third-order valence-electron chi connectivity index (χ3n) is 2.35. The third-order valence-corrected chi connectivity index (χ3v) is 4.20. The Bertz CT molecular complexity index is 762. The van der Waals surface area contributed by atoms with Crippen molar-refractivity contribution < 1.29 is 18.3 Å². The van der Waals surface area contributed by atoms with E-state index >= 15 is 0 Å². The summed E-state index contributed by atoms with van der Waals surface area (Å²) in [6, 6.07) is 8.57. The van der Waals surface area contributed by atoms with Gasteiger partial charge < -0.3 is 5.11 Å². The summed E-state index contributed by atoms with van der Waals surface area (Å²) in [4.78, 5) is 14.7. The van der Waals surface area contributed by atoms with Gasteiger partial charge in [0.05, 0.1) is 10.5 Å². The molecule has 0 atom stereocenters. The molecule has 2 aromatic rings. The van der Waals surface area contributed by atoms with Crippen molar-refractivity contribution in [3.63, 3.8) is 0 Å². The Hall–Kier alpha value is -1.93. The van der Waals surface area contributed by atoms with Crippen LogP contribution in [-0.2, 0) is 10.0 Å². The Balaban J connectivity index is 2.33. The Morgan fingerprint density at radius 3 is 2.65 bits per heavy atom. The van der Waals surface area contributed by atoms with Crippen LogP contribution in [0.5, 0.6) is 0 Å². The number of aromatic carboxylic acids is 1. The van der Waals surface area contributed by atoms with Gasteiger partial charge in [-0.3, -0.25) is 4.72 Å². The maximum atomic E-state index is 12.1. The lowest BCUT2D eigenvalue weighted by Crippen LogP contribution is -2.14. The average Bonchev–Trinajstić information content (AvgIpc) is 2.38. The number of benzene rings is 1. The molecule has 0 aliphatic heterocycles. The SMILES string of the molecule is O=C(O)c1ccnc(NS(=O)(=O)c2cccc(Br)c2)c1. The van der Waals surface area contributed by atoms with E-state index in [1.165, 1.54) is 24.4 Å². The van der Waals surface area contributed by atoms with E-state index in [9.17, 15) is 13.2 Å². The lowest BCUT2D eigenvalue weighted by molar-refractivity contribution is 0.0697. The van der Waals surface area contributed by atoms with Crippen molar-refractivity contribution in [2.45, 2.75) is 4.90 Å². The molecule has 2 N–H and O–H groups in total. The average molecular weight is 357 g/mol. The van der Waals surface area contributed by atoms with Crippen LogP contribution in [0, 0.1) is 0 Å². The van der Waals surface area contributed by atoms with E-state index in [2.05, 4.69) is 25.6 Å².